The number of hydrazine groups is 1. The first-order chi connectivity index (χ1) is 8.71. The van der Waals surface area contributed by atoms with Gasteiger partial charge in [-0.1, -0.05) is 13.3 Å². The summed E-state index contributed by atoms with van der Waals surface area (Å²) < 4.78 is 5.16. The lowest BCUT2D eigenvalue weighted by Crippen LogP contribution is -2.36. The van der Waals surface area contributed by atoms with E-state index in [9.17, 15) is 0 Å². The number of hydrogen-bond acceptors (Lipinski definition) is 3. The van der Waals surface area contributed by atoms with E-state index in [2.05, 4.69) is 22.7 Å². The second-order valence-electron chi connectivity index (χ2n) is 4.03. The first-order valence-corrected chi connectivity index (χ1v) is 6.14. The number of benzene rings is 1. The molecule has 0 radical (unpaired) electrons. The van der Waals surface area contributed by atoms with Crippen LogP contribution in [0.2, 0.25) is 0 Å². The minimum Gasteiger partial charge on any atom is -0.497 e. The summed E-state index contributed by atoms with van der Waals surface area (Å²) in [6.45, 7) is 4.90. The van der Waals surface area contributed by atoms with Gasteiger partial charge in [0.05, 0.1) is 7.11 Å². The number of rotatable bonds is 5. The van der Waals surface area contributed by atoms with Gasteiger partial charge in [0.15, 0.2) is 0 Å². The lowest BCUT2D eigenvalue weighted by Gasteiger charge is -2.12. The molecule has 0 aliphatic heterocycles. The van der Waals surface area contributed by atoms with Crippen LogP contribution in [-0.2, 0) is 0 Å². The van der Waals surface area contributed by atoms with Crippen molar-refractivity contribution < 1.29 is 4.74 Å². The van der Waals surface area contributed by atoms with E-state index in [-0.39, 0.29) is 0 Å². The largest absolute Gasteiger partial charge is 0.497 e. The van der Waals surface area contributed by atoms with Gasteiger partial charge in [-0.15, -0.1) is 0 Å². The number of guanidine groups is 1. The van der Waals surface area contributed by atoms with Crippen LogP contribution in [0.5, 0.6) is 5.75 Å². The summed E-state index contributed by atoms with van der Waals surface area (Å²) in [5.41, 5.74) is 4.61. The molecule has 1 rings (SSSR count). The molecule has 0 amide bonds. The molecule has 0 saturated carbocycles. The van der Waals surface area contributed by atoms with Crippen LogP contribution >= 0.6 is 0 Å². The van der Waals surface area contributed by atoms with E-state index in [4.69, 9.17) is 10.6 Å². The number of anilines is 1. The lowest BCUT2D eigenvalue weighted by molar-refractivity contribution is 0.414. The van der Waals surface area contributed by atoms with Crippen LogP contribution in [-0.4, -0.2) is 19.6 Å². The maximum Gasteiger partial charge on any atom is 0.210 e. The number of ether oxygens (including phenoxy) is 1. The normalized spacial score (nSPS) is 11.2. The standard InChI is InChI=1S/C13H22N4O/c1-4-5-8-15-13(17-14)16-12-7-6-11(18-3)9-10(12)2/h6-7,9H,4-5,8,14H2,1-3H3,(H2,15,16,17). The molecule has 0 unspecified atom stereocenters. The van der Waals surface area contributed by atoms with Crippen molar-refractivity contribution in [3.05, 3.63) is 23.8 Å². The highest BCUT2D eigenvalue weighted by molar-refractivity contribution is 5.93. The monoisotopic (exact) mass is 250 g/mol. The molecule has 1 aromatic rings. The molecular formula is C13H22N4O. The van der Waals surface area contributed by atoms with Crippen LogP contribution in [0.3, 0.4) is 0 Å². The van der Waals surface area contributed by atoms with Crippen molar-refractivity contribution in [1.82, 2.24) is 5.43 Å². The summed E-state index contributed by atoms with van der Waals surface area (Å²) in [7, 11) is 1.65. The Bertz CT molecular complexity index is 404. The Morgan fingerprint density at radius 3 is 2.78 bits per heavy atom. The number of methoxy groups -OCH3 is 1. The minimum absolute atomic E-state index is 0.580. The number of hydrogen-bond donors (Lipinski definition) is 3. The minimum atomic E-state index is 0.580. The number of unbranched alkanes of at least 4 members (excludes halogenated alkanes) is 1. The molecule has 100 valence electrons. The Balaban J connectivity index is 2.72. The third-order valence-electron chi connectivity index (χ3n) is 2.60. The lowest BCUT2D eigenvalue weighted by atomic mass is 10.2. The van der Waals surface area contributed by atoms with Crippen LogP contribution in [0, 0.1) is 6.92 Å². The zero-order valence-electron chi connectivity index (χ0n) is 11.3. The third-order valence-corrected chi connectivity index (χ3v) is 2.60. The van der Waals surface area contributed by atoms with Crippen molar-refractivity contribution in [2.24, 2.45) is 10.8 Å². The van der Waals surface area contributed by atoms with Crippen molar-refractivity contribution in [1.29, 1.82) is 0 Å². The predicted octanol–water partition coefficient (Wildman–Crippen LogP) is 2.03. The van der Waals surface area contributed by atoms with Gasteiger partial charge in [0.1, 0.15) is 5.75 Å². The molecule has 0 fully saturated rings. The van der Waals surface area contributed by atoms with Crippen molar-refractivity contribution in [2.45, 2.75) is 26.7 Å². The Labute approximate surface area is 108 Å². The Morgan fingerprint density at radius 1 is 1.44 bits per heavy atom. The first kappa shape index (κ1) is 14.3. The summed E-state index contributed by atoms with van der Waals surface area (Å²) in [4.78, 5) is 4.35. The summed E-state index contributed by atoms with van der Waals surface area (Å²) in [5, 5.41) is 3.17. The van der Waals surface area contributed by atoms with Gasteiger partial charge in [-0.25, -0.2) is 5.84 Å². The van der Waals surface area contributed by atoms with Crippen molar-refractivity contribution >= 4 is 11.6 Å². The van der Waals surface area contributed by atoms with Crippen LogP contribution < -0.4 is 21.3 Å². The predicted molar refractivity (Wildman–Crippen MR) is 75.9 cm³/mol. The Kier molecular flexibility index (Phi) is 6.00. The molecule has 0 aromatic heterocycles. The highest BCUT2D eigenvalue weighted by atomic mass is 16.5. The van der Waals surface area contributed by atoms with Crippen molar-refractivity contribution in [2.75, 3.05) is 19.0 Å². The van der Waals surface area contributed by atoms with Gasteiger partial charge in [-0.3, -0.25) is 10.4 Å². The van der Waals surface area contributed by atoms with Gasteiger partial charge in [-0.2, -0.15) is 0 Å². The second-order valence-corrected chi connectivity index (χ2v) is 4.03. The van der Waals surface area contributed by atoms with Gasteiger partial charge in [0, 0.05) is 12.2 Å². The van der Waals surface area contributed by atoms with E-state index >= 15 is 0 Å². The van der Waals surface area contributed by atoms with E-state index in [1.54, 1.807) is 7.11 Å². The molecule has 4 N–H and O–H groups in total. The average molecular weight is 250 g/mol. The summed E-state index contributed by atoms with van der Waals surface area (Å²) in [6.07, 6.45) is 2.16. The fourth-order valence-electron chi connectivity index (χ4n) is 1.50. The highest BCUT2D eigenvalue weighted by Crippen LogP contribution is 2.20. The van der Waals surface area contributed by atoms with E-state index in [0.29, 0.717) is 5.96 Å². The van der Waals surface area contributed by atoms with Crippen LogP contribution in [0.15, 0.2) is 23.2 Å². The quantitative estimate of drug-likeness (QED) is 0.246. The highest BCUT2D eigenvalue weighted by Gasteiger charge is 2.02. The Morgan fingerprint density at radius 2 is 2.22 bits per heavy atom. The number of nitrogens with zero attached hydrogens (tertiary/aromatic N) is 1. The number of aliphatic imine (C=N–C) groups is 1. The molecule has 1 aromatic carbocycles. The van der Waals surface area contributed by atoms with Crippen molar-refractivity contribution in [3.8, 4) is 5.75 Å². The van der Waals surface area contributed by atoms with Crippen molar-refractivity contribution in [3.63, 3.8) is 0 Å². The van der Waals surface area contributed by atoms with E-state index in [0.717, 1.165) is 36.4 Å². The van der Waals surface area contributed by atoms with Crippen LogP contribution in [0.1, 0.15) is 25.3 Å². The molecule has 0 atom stereocenters. The number of nitrogens with two attached hydrogens (primary N) is 1. The fourth-order valence-corrected chi connectivity index (χ4v) is 1.50. The van der Waals surface area contributed by atoms with E-state index in [1.165, 1.54) is 0 Å². The zero-order chi connectivity index (χ0) is 13.4. The zero-order valence-corrected chi connectivity index (χ0v) is 11.3. The van der Waals surface area contributed by atoms with Gasteiger partial charge in [-0.05, 0) is 37.1 Å². The molecule has 0 aliphatic rings. The summed E-state index contributed by atoms with van der Waals surface area (Å²) in [6, 6.07) is 5.80. The molecule has 5 nitrogen and oxygen atoms in total. The average Bonchev–Trinajstić information content (AvgIpc) is 2.39. The van der Waals surface area contributed by atoms with E-state index < -0.39 is 0 Å². The number of aryl methyl sites for hydroxylation is 1. The summed E-state index contributed by atoms with van der Waals surface area (Å²) in [5.74, 6) is 6.86. The molecule has 0 heterocycles. The SMILES string of the molecule is CCCCN=C(NN)Nc1ccc(OC)cc1C. The topological polar surface area (TPSA) is 71.7 Å². The fraction of sp³-hybridized carbons (Fsp3) is 0.462. The molecule has 0 aliphatic carbocycles. The first-order valence-electron chi connectivity index (χ1n) is 6.14. The molecule has 5 heteroatoms. The molecule has 0 spiro atoms. The smallest absolute Gasteiger partial charge is 0.210 e. The van der Waals surface area contributed by atoms with Gasteiger partial charge in [0.2, 0.25) is 5.96 Å². The molecule has 18 heavy (non-hydrogen) atoms. The van der Waals surface area contributed by atoms with Gasteiger partial charge >= 0.3 is 0 Å². The van der Waals surface area contributed by atoms with E-state index in [1.807, 2.05) is 25.1 Å². The molecule has 0 bridgehead atoms. The van der Waals surface area contributed by atoms with Gasteiger partial charge in [0.25, 0.3) is 0 Å². The Hall–Kier alpha value is -1.75. The molecule has 0 saturated heterocycles. The van der Waals surface area contributed by atoms with Crippen LogP contribution in [0.25, 0.3) is 0 Å². The maximum absolute atomic E-state index is 5.44. The van der Waals surface area contributed by atoms with Gasteiger partial charge < -0.3 is 10.1 Å². The maximum atomic E-state index is 5.44. The van der Waals surface area contributed by atoms with Crippen LogP contribution in [0.4, 0.5) is 5.69 Å². The second kappa shape index (κ2) is 7.55. The molecular weight excluding hydrogens is 228 g/mol. The summed E-state index contributed by atoms with van der Waals surface area (Å²) >= 11 is 0. The number of nitrogens with one attached hydrogen (secondary N) is 2. The third kappa shape index (κ3) is 4.25.